The topological polar surface area (TPSA) is 55.4 Å². The first-order valence-corrected chi connectivity index (χ1v) is 35.9. The number of benzene rings is 14. The molecule has 0 heterocycles. The van der Waals surface area contributed by atoms with Gasteiger partial charge in [0.1, 0.15) is 34.5 Å². The molecule has 88 heavy (non-hydrogen) atoms. The normalized spacial score (nSPS) is 11.6. The second-order valence-electron chi connectivity index (χ2n) is 21.3. The summed E-state index contributed by atoms with van der Waals surface area (Å²) in [4.78, 5) is 0. The molecule has 0 saturated heterocycles. The lowest BCUT2D eigenvalue weighted by Gasteiger charge is -2.34. The molecule has 0 aromatic heterocycles. The predicted molar refractivity (Wildman–Crippen MR) is 367 cm³/mol. The fourth-order valence-electron chi connectivity index (χ4n) is 11.5. The molecule has 0 amide bonds. The van der Waals surface area contributed by atoms with Gasteiger partial charge in [-0.15, -0.1) is 0 Å². The second kappa shape index (κ2) is 25.2. The van der Waals surface area contributed by atoms with Crippen molar-refractivity contribution in [2.75, 3.05) is 0 Å². The van der Waals surface area contributed by atoms with Gasteiger partial charge in [0.15, 0.2) is 0 Å². The summed E-state index contributed by atoms with van der Waals surface area (Å²) in [6.07, 6.45) is 0. The Balaban J connectivity index is 0.878. The largest absolute Gasteiger partial charge is 0.532 e. The summed E-state index contributed by atoms with van der Waals surface area (Å²) in [5, 5.41) is 13.8. The highest BCUT2D eigenvalue weighted by Crippen LogP contribution is 2.40. The summed E-state index contributed by atoms with van der Waals surface area (Å²) in [6, 6.07) is 121. The molecule has 422 valence electrons. The van der Waals surface area contributed by atoms with Gasteiger partial charge < -0.3 is 26.6 Å². The minimum Gasteiger partial charge on any atom is -0.532 e. The van der Waals surface area contributed by atoms with E-state index in [-0.39, 0.29) is 0 Å². The Hall–Kier alpha value is -10.5. The van der Waals surface area contributed by atoms with E-state index >= 15 is 0 Å². The van der Waals surface area contributed by atoms with Crippen LogP contribution in [-0.4, -0.2) is 35.2 Å². The molecule has 14 rings (SSSR count). The summed E-state index contributed by atoms with van der Waals surface area (Å²) in [6.45, 7) is 0. The first-order valence-electron chi connectivity index (χ1n) is 29.4. The quantitative estimate of drug-likeness (QED) is 0.0709. The van der Waals surface area contributed by atoms with Crippen molar-refractivity contribution in [1.82, 2.24) is 0 Å². The van der Waals surface area contributed by atoms with E-state index in [1.54, 1.807) is 0 Å². The van der Waals surface area contributed by atoms with Crippen molar-refractivity contribution in [3.63, 3.8) is 0 Å². The van der Waals surface area contributed by atoms with Crippen LogP contribution in [0.25, 0.3) is 32.3 Å². The Labute approximate surface area is 518 Å². The smallest absolute Gasteiger partial charge is 0.531 e. The summed E-state index contributed by atoms with van der Waals surface area (Å²) < 4.78 is 45.7. The van der Waals surface area contributed by atoms with E-state index < -0.39 is 35.2 Å². The van der Waals surface area contributed by atoms with Crippen LogP contribution in [-0.2, 0) is 0 Å². The molecule has 0 unspecified atom stereocenters. The van der Waals surface area contributed by atoms with Crippen LogP contribution < -0.4 is 68.0 Å². The first-order chi connectivity index (χ1) is 43.6. The minimum atomic E-state index is -3.82. The Morgan fingerprint density at radius 1 is 0.170 bits per heavy atom. The van der Waals surface area contributed by atoms with Gasteiger partial charge in [0.25, 0.3) is 0 Å². The standard InChI is InChI=1S/C78H58O6Si4/c1-9-31-59(32-10-1)85(60-33-11-2-12-34-60)79-73-53-55-75(69-49-27-25-47-67(69)73)81-87(63-39-17-5-18-40-63,64-41-19-6-20-42-64)83-77-57-58-78(72-52-30-29-51-71(72)77)84-88(65-43-21-7-22-44-65,66-45-23-8-24-46-66)82-76-56-54-74(68-48-26-28-50-70(68)76)80-86(61-35-13-3-14-36-61)62-37-15-4-16-38-62/h1-58H. The molecule has 0 aliphatic rings. The van der Waals surface area contributed by atoms with E-state index in [2.05, 4.69) is 279 Å². The van der Waals surface area contributed by atoms with Gasteiger partial charge in [-0.25, -0.2) is 0 Å². The highest BCUT2D eigenvalue weighted by Gasteiger charge is 2.50. The van der Waals surface area contributed by atoms with Crippen molar-refractivity contribution in [3.05, 3.63) is 352 Å². The maximum Gasteiger partial charge on any atom is 0.531 e. The Morgan fingerprint density at radius 2 is 0.341 bits per heavy atom. The maximum absolute atomic E-state index is 7.85. The zero-order chi connectivity index (χ0) is 59.0. The van der Waals surface area contributed by atoms with Gasteiger partial charge >= 0.3 is 35.2 Å². The molecule has 0 N–H and O–H groups in total. The lowest BCUT2D eigenvalue weighted by atomic mass is 10.1. The van der Waals surface area contributed by atoms with Crippen molar-refractivity contribution < 1.29 is 26.6 Å². The van der Waals surface area contributed by atoms with Crippen LogP contribution in [0.15, 0.2) is 352 Å². The summed E-state index contributed by atoms with van der Waals surface area (Å²) >= 11 is 0. The van der Waals surface area contributed by atoms with Gasteiger partial charge in [-0.3, -0.25) is 0 Å². The summed E-state index contributed by atoms with van der Waals surface area (Å²) in [7, 11) is -11.0. The molecule has 0 atom stereocenters. The van der Waals surface area contributed by atoms with Gasteiger partial charge in [0.2, 0.25) is 0 Å². The van der Waals surface area contributed by atoms with E-state index in [1.165, 1.54) is 0 Å². The second-order valence-corrected chi connectivity index (χ2v) is 30.9. The molecule has 14 aromatic carbocycles. The summed E-state index contributed by atoms with van der Waals surface area (Å²) in [5.41, 5.74) is 0. The van der Waals surface area contributed by atoms with Crippen LogP contribution in [0, 0.1) is 0 Å². The predicted octanol–water partition coefficient (Wildman–Crippen LogP) is 12.9. The van der Waals surface area contributed by atoms with Crippen LogP contribution in [0.5, 0.6) is 34.5 Å². The first kappa shape index (κ1) is 55.4. The van der Waals surface area contributed by atoms with Crippen LogP contribution in [0.4, 0.5) is 0 Å². The van der Waals surface area contributed by atoms with E-state index in [1.807, 2.05) is 72.8 Å². The Morgan fingerprint density at radius 3 is 0.557 bits per heavy atom. The van der Waals surface area contributed by atoms with Crippen molar-refractivity contribution >= 4 is 109 Å². The third-order valence-corrected chi connectivity index (χ3v) is 26.4. The Bertz CT molecular complexity index is 4180. The molecular weight excluding hydrogens is 1150 g/mol. The van der Waals surface area contributed by atoms with E-state index in [4.69, 9.17) is 26.6 Å². The third kappa shape index (κ3) is 11.2. The van der Waals surface area contributed by atoms with Gasteiger partial charge in [0, 0.05) is 53.1 Å². The molecule has 0 aliphatic carbocycles. The van der Waals surface area contributed by atoms with E-state index in [9.17, 15) is 0 Å². The zero-order valence-corrected chi connectivity index (χ0v) is 51.9. The van der Waals surface area contributed by atoms with Crippen LogP contribution in [0.1, 0.15) is 0 Å². The van der Waals surface area contributed by atoms with Crippen molar-refractivity contribution in [2.24, 2.45) is 0 Å². The molecule has 0 saturated carbocycles. The zero-order valence-electron chi connectivity index (χ0n) is 47.9. The van der Waals surface area contributed by atoms with Crippen LogP contribution >= 0.6 is 0 Å². The Kier molecular flexibility index (Phi) is 15.9. The van der Waals surface area contributed by atoms with Crippen molar-refractivity contribution in [2.45, 2.75) is 0 Å². The lowest BCUT2D eigenvalue weighted by Crippen LogP contribution is -2.68. The number of rotatable bonds is 20. The van der Waals surface area contributed by atoms with E-state index in [0.29, 0.717) is 23.0 Å². The molecule has 2 radical (unpaired) electrons. The van der Waals surface area contributed by atoms with Crippen LogP contribution in [0.2, 0.25) is 0 Å². The minimum absolute atomic E-state index is 0.644. The van der Waals surface area contributed by atoms with Crippen molar-refractivity contribution in [1.29, 1.82) is 0 Å². The summed E-state index contributed by atoms with van der Waals surface area (Å²) in [5.74, 6) is 4.21. The van der Waals surface area contributed by atoms with Gasteiger partial charge in [-0.2, -0.15) is 0 Å². The average molecular weight is 1200 g/mol. The fraction of sp³-hybridized carbons (Fsp3) is 0. The van der Waals surface area contributed by atoms with Gasteiger partial charge in [-0.1, -0.05) is 315 Å². The van der Waals surface area contributed by atoms with E-state index in [0.717, 1.165) is 85.3 Å². The monoisotopic (exact) mass is 1200 g/mol. The fourth-order valence-corrected chi connectivity index (χ4v) is 21.6. The number of fused-ring (bicyclic) bond motifs is 3. The molecule has 0 aliphatic heterocycles. The number of hydrogen-bond donors (Lipinski definition) is 0. The SMILES string of the molecule is c1ccc([Si](Oc2ccc(O[Si](Oc3ccc(O[Si](Oc4ccc(O[Si](c5ccccc5)c5ccccc5)c5ccccc45)(c4ccccc4)c4ccccc4)c4ccccc34)(c3ccccc3)c3ccccc3)c3ccccc23)c2ccccc2)cc1. The maximum atomic E-state index is 7.85. The number of hydrogen-bond acceptors (Lipinski definition) is 6. The highest BCUT2D eigenvalue weighted by atomic mass is 28.4. The highest BCUT2D eigenvalue weighted by molar-refractivity contribution is 6.94. The van der Waals surface area contributed by atoms with Crippen molar-refractivity contribution in [3.8, 4) is 34.5 Å². The van der Waals surface area contributed by atoms with Gasteiger partial charge in [-0.05, 0) is 57.1 Å². The molecule has 10 heteroatoms. The third-order valence-electron chi connectivity index (χ3n) is 15.7. The molecule has 0 spiro atoms. The van der Waals surface area contributed by atoms with Gasteiger partial charge in [0.05, 0.1) is 0 Å². The average Bonchev–Trinajstić information content (AvgIpc) is 1.11. The molecule has 0 fully saturated rings. The molecular formula is C78H58O6Si4. The van der Waals surface area contributed by atoms with Crippen LogP contribution in [0.3, 0.4) is 0 Å². The molecule has 0 bridgehead atoms. The molecule has 6 nitrogen and oxygen atoms in total. The lowest BCUT2D eigenvalue weighted by molar-refractivity contribution is 0.416. The molecule has 14 aromatic rings.